The summed E-state index contributed by atoms with van der Waals surface area (Å²) in [5.41, 5.74) is 5.41. The SMILES string of the molecule is CCn1c(N)c(NC(=O)/C=C/c2ccc(OC)c(O[C@H]3CCOC3)c2)c(=O)n(CC)c1=O. The predicted octanol–water partition coefficient (Wildman–Crippen LogP) is 1.46. The van der Waals surface area contributed by atoms with Crippen molar-refractivity contribution >= 4 is 23.5 Å². The standard InChI is InChI=1S/C22H28N4O6/c1-4-25-20(23)19(21(28)26(5-2)22(25)29)24-18(27)9-7-14-6-8-16(30-3)17(12-14)32-15-10-11-31-13-15/h6-9,12,15H,4-5,10-11,13,23H2,1-3H3,(H,24,27)/b9-7+/t15-/m0/s1. The summed E-state index contributed by atoms with van der Waals surface area (Å²) in [7, 11) is 1.56. The summed E-state index contributed by atoms with van der Waals surface area (Å²) in [4.78, 5) is 37.4. The highest BCUT2D eigenvalue weighted by Gasteiger charge is 2.19. The van der Waals surface area contributed by atoms with E-state index in [1.807, 2.05) is 0 Å². The maximum absolute atomic E-state index is 12.6. The lowest BCUT2D eigenvalue weighted by molar-refractivity contribution is -0.111. The Bertz CT molecular complexity index is 1130. The Labute approximate surface area is 185 Å². The number of carbonyl (C=O) groups excluding carboxylic acids is 1. The van der Waals surface area contributed by atoms with Crippen LogP contribution in [0.25, 0.3) is 6.08 Å². The Kier molecular flexibility index (Phi) is 7.37. The van der Waals surface area contributed by atoms with Crippen LogP contribution in [0, 0.1) is 0 Å². The van der Waals surface area contributed by atoms with Gasteiger partial charge in [0.05, 0.1) is 20.3 Å². The van der Waals surface area contributed by atoms with Crippen molar-refractivity contribution in [3.05, 3.63) is 50.7 Å². The highest BCUT2D eigenvalue weighted by atomic mass is 16.6. The summed E-state index contributed by atoms with van der Waals surface area (Å²) in [6.45, 7) is 5.01. The molecule has 0 radical (unpaired) electrons. The first kappa shape index (κ1) is 23.1. The lowest BCUT2D eigenvalue weighted by Gasteiger charge is -2.15. The number of carbonyl (C=O) groups is 1. The fraction of sp³-hybridized carbons (Fsp3) is 0.409. The zero-order valence-electron chi connectivity index (χ0n) is 18.4. The molecule has 1 aliphatic rings. The molecule has 0 unspecified atom stereocenters. The van der Waals surface area contributed by atoms with Crippen LogP contribution in [0.1, 0.15) is 25.8 Å². The van der Waals surface area contributed by atoms with Crippen molar-refractivity contribution in [2.75, 3.05) is 31.4 Å². The Morgan fingerprint density at radius 3 is 2.62 bits per heavy atom. The van der Waals surface area contributed by atoms with Gasteiger partial charge in [0.1, 0.15) is 17.6 Å². The number of benzene rings is 1. The minimum Gasteiger partial charge on any atom is -0.493 e. The quantitative estimate of drug-likeness (QED) is 0.590. The zero-order valence-corrected chi connectivity index (χ0v) is 18.4. The third-order valence-electron chi connectivity index (χ3n) is 5.14. The number of nitrogens with two attached hydrogens (primary N) is 1. The molecule has 1 aromatic heterocycles. The van der Waals surface area contributed by atoms with E-state index < -0.39 is 17.2 Å². The molecule has 1 aromatic carbocycles. The van der Waals surface area contributed by atoms with Gasteiger partial charge in [0.2, 0.25) is 5.91 Å². The number of rotatable bonds is 8. The van der Waals surface area contributed by atoms with Crippen LogP contribution in [-0.4, -0.2) is 41.5 Å². The zero-order chi connectivity index (χ0) is 23.3. The van der Waals surface area contributed by atoms with Crippen molar-refractivity contribution in [2.45, 2.75) is 39.5 Å². The van der Waals surface area contributed by atoms with E-state index in [4.69, 9.17) is 19.9 Å². The second-order valence-corrected chi connectivity index (χ2v) is 7.17. The van der Waals surface area contributed by atoms with Gasteiger partial charge >= 0.3 is 5.69 Å². The molecule has 10 nitrogen and oxygen atoms in total. The number of nitrogen functional groups attached to an aromatic ring is 1. The smallest absolute Gasteiger partial charge is 0.332 e. The molecule has 3 rings (SSSR count). The maximum atomic E-state index is 12.6. The number of hydrogen-bond acceptors (Lipinski definition) is 7. The molecule has 3 N–H and O–H groups in total. The molecule has 1 amide bonds. The average molecular weight is 444 g/mol. The van der Waals surface area contributed by atoms with Gasteiger partial charge in [0, 0.05) is 25.6 Å². The molecule has 172 valence electrons. The van der Waals surface area contributed by atoms with Crippen LogP contribution in [0.5, 0.6) is 11.5 Å². The van der Waals surface area contributed by atoms with Gasteiger partial charge in [-0.2, -0.15) is 0 Å². The molecular formula is C22H28N4O6. The normalized spacial score (nSPS) is 15.8. The van der Waals surface area contributed by atoms with E-state index in [0.717, 1.165) is 11.0 Å². The summed E-state index contributed by atoms with van der Waals surface area (Å²) in [6, 6.07) is 5.28. The molecule has 0 saturated carbocycles. The third-order valence-corrected chi connectivity index (χ3v) is 5.14. The van der Waals surface area contributed by atoms with Crippen LogP contribution >= 0.6 is 0 Å². The number of methoxy groups -OCH3 is 1. The third kappa shape index (κ3) is 4.86. The number of nitrogens with zero attached hydrogens (tertiary/aromatic N) is 2. The van der Waals surface area contributed by atoms with E-state index in [9.17, 15) is 14.4 Å². The minimum absolute atomic E-state index is 0.0515. The van der Waals surface area contributed by atoms with Crippen LogP contribution in [0.3, 0.4) is 0 Å². The Hall–Kier alpha value is -3.53. The Morgan fingerprint density at radius 2 is 2.00 bits per heavy atom. The van der Waals surface area contributed by atoms with Crippen LogP contribution < -0.4 is 31.8 Å². The molecular weight excluding hydrogens is 416 g/mol. The van der Waals surface area contributed by atoms with Gasteiger partial charge in [0.15, 0.2) is 11.5 Å². The van der Waals surface area contributed by atoms with Gasteiger partial charge in [-0.05, 0) is 37.6 Å². The monoisotopic (exact) mass is 444 g/mol. The minimum atomic E-state index is -0.639. The maximum Gasteiger partial charge on any atom is 0.332 e. The van der Waals surface area contributed by atoms with Crippen molar-refractivity contribution in [3.8, 4) is 11.5 Å². The van der Waals surface area contributed by atoms with Crippen molar-refractivity contribution in [1.82, 2.24) is 9.13 Å². The van der Waals surface area contributed by atoms with Crippen LogP contribution in [0.15, 0.2) is 33.9 Å². The highest BCUT2D eigenvalue weighted by Crippen LogP contribution is 2.30. The summed E-state index contributed by atoms with van der Waals surface area (Å²) in [5.74, 6) is 0.497. The van der Waals surface area contributed by atoms with Crippen LogP contribution in [0.2, 0.25) is 0 Å². The van der Waals surface area contributed by atoms with Gasteiger partial charge in [0.25, 0.3) is 5.56 Å². The van der Waals surface area contributed by atoms with Gasteiger partial charge in [-0.1, -0.05) is 6.07 Å². The number of amides is 1. The number of hydrogen-bond donors (Lipinski definition) is 2. The Balaban J connectivity index is 1.81. The number of ether oxygens (including phenoxy) is 3. The second kappa shape index (κ2) is 10.2. The van der Waals surface area contributed by atoms with E-state index in [2.05, 4.69) is 5.32 Å². The molecule has 2 heterocycles. The largest absolute Gasteiger partial charge is 0.493 e. The highest BCUT2D eigenvalue weighted by molar-refractivity contribution is 6.03. The molecule has 0 bridgehead atoms. The fourth-order valence-corrected chi connectivity index (χ4v) is 3.43. The first-order valence-electron chi connectivity index (χ1n) is 10.4. The lowest BCUT2D eigenvalue weighted by atomic mass is 10.2. The molecule has 1 fully saturated rings. The van der Waals surface area contributed by atoms with Crippen molar-refractivity contribution < 1.29 is 19.0 Å². The topological polar surface area (TPSA) is 127 Å². The molecule has 0 aliphatic carbocycles. The first-order chi connectivity index (χ1) is 15.4. The molecule has 32 heavy (non-hydrogen) atoms. The van der Waals surface area contributed by atoms with E-state index in [0.29, 0.717) is 30.3 Å². The van der Waals surface area contributed by atoms with Crippen molar-refractivity contribution in [2.24, 2.45) is 0 Å². The summed E-state index contributed by atoms with van der Waals surface area (Å²) in [5, 5.41) is 2.51. The summed E-state index contributed by atoms with van der Waals surface area (Å²) < 4.78 is 18.9. The van der Waals surface area contributed by atoms with Gasteiger partial charge in [-0.25, -0.2) is 4.79 Å². The molecule has 0 spiro atoms. The average Bonchev–Trinajstić information content (AvgIpc) is 3.29. The van der Waals surface area contributed by atoms with E-state index >= 15 is 0 Å². The number of nitrogens with one attached hydrogen (secondary N) is 1. The van der Waals surface area contributed by atoms with E-state index in [1.54, 1.807) is 45.2 Å². The van der Waals surface area contributed by atoms with Crippen LogP contribution in [0.4, 0.5) is 11.5 Å². The molecule has 1 saturated heterocycles. The fourth-order valence-electron chi connectivity index (χ4n) is 3.43. The summed E-state index contributed by atoms with van der Waals surface area (Å²) >= 11 is 0. The number of anilines is 2. The lowest BCUT2D eigenvalue weighted by Crippen LogP contribution is -2.42. The van der Waals surface area contributed by atoms with Crippen LogP contribution in [-0.2, 0) is 22.6 Å². The number of aromatic nitrogens is 2. The molecule has 1 atom stereocenters. The Morgan fingerprint density at radius 1 is 1.25 bits per heavy atom. The predicted molar refractivity (Wildman–Crippen MR) is 121 cm³/mol. The molecule has 2 aromatic rings. The molecule has 10 heteroatoms. The van der Waals surface area contributed by atoms with Gasteiger partial charge in [-0.15, -0.1) is 0 Å². The first-order valence-corrected chi connectivity index (χ1v) is 10.4. The van der Waals surface area contributed by atoms with E-state index in [1.165, 1.54) is 10.6 Å². The van der Waals surface area contributed by atoms with Gasteiger partial charge in [-0.3, -0.25) is 18.7 Å². The van der Waals surface area contributed by atoms with Crippen molar-refractivity contribution in [3.63, 3.8) is 0 Å². The summed E-state index contributed by atoms with van der Waals surface area (Å²) in [6.07, 6.45) is 3.60. The molecule has 1 aliphatic heterocycles. The van der Waals surface area contributed by atoms with Crippen molar-refractivity contribution in [1.29, 1.82) is 0 Å². The van der Waals surface area contributed by atoms with Gasteiger partial charge < -0.3 is 25.3 Å². The van der Waals surface area contributed by atoms with E-state index in [-0.39, 0.29) is 30.7 Å². The second-order valence-electron chi connectivity index (χ2n) is 7.17.